The maximum Gasteiger partial charge on any atom is 0.200 e. The Kier molecular flexibility index (Phi) is 5.10. The quantitative estimate of drug-likeness (QED) is 0.331. The zero-order chi connectivity index (χ0) is 21.3. The van der Waals surface area contributed by atoms with Crippen LogP contribution in [0, 0.1) is 23.3 Å². The van der Waals surface area contributed by atoms with Crippen LogP contribution in [0.3, 0.4) is 0 Å². The lowest BCUT2D eigenvalue weighted by Crippen LogP contribution is -1.99. The number of fused-ring (bicyclic) bond motifs is 1. The standard InChI is InChI=1S/C23H13F4NO2/c1-2-13-12-28-21-18(22(13)29-16-7-3-14(24)4-8-16)11-19(26)23(20(21)27)30-17-9-5-15(25)6-10-17/h2-12H,1H2. The van der Waals surface area contributed by atoms with Crippen molar-refractivity contribution in [3.8, 4) is 23.0 Å². The van der Waals surface area contributed by atoms with Gasteiger partial charge in [-0.2, -0.15) is 0 Å². The topological polar surface area (TPSA) is 31.4 Å². The third kappa shape index (κ3) is 3.69. The fraction of sp³-hybridized carbons (Fsp3) is 0. The van der Waals surface area contributed by atoms with Crippen LogP contribution in [0.5, 0.6) is 23.0 Å². The average Bonchev–Trinajstić information content (AvgIpc) is 2.74. The molecular formula is C23H13F4NO2. The van der Waals surface area contributed by atoms with Crippen LogP contribution in [0.15, 0.2) is 67.4 Å². The van der Waals surface area contributed by atoms with E-state index in [-0.39, 0.29) is 28.2 Å². The largest absolute Gasteiger partial charge is 0.456 e. The molecule has 1 aromatic heterocycles. The first-order valence-corrected chi connectivity index (χ1v) is 8.76. The molecule has 0 spiro atoms. The van der Waals surface area contributed by atoms with E-state index in [0.717, 1.165) is 18.2 Å². The van der Waals surface area contributed by atoms with E-state index in [2.05, 4.69) is 11.6 Å². The van der Waals surface area contributed by atoms with Gasteiger partial charge in [-0.05, 0) is 54.6 Å². The predicted molar refractivity (Wildman–Crippen MR) is 105 cm³/mol. The monoisotopic (exact) mass is 411 g/mol. The second-order valence-corrected chi connectivity index (χ2v) is 6.26. The molecule has 0 saturated carbocycles. The zero-order valence-electron chi connectivity index (χ0n) is 15.3. The highest BCUT2D eigenvalue weighted by Gasteiger charge is 2.21. The van der Waals surface area contributed by atoms with E-state index >= 15 is 4.39 Å². The van der Waals surface area contributed by atoms with Crippen molar-refractivity contribution in [2.75, 3.05) is 0 Å². The average molecular weight is 411 g/mol. The molecule has 150 valence electrons. The van der Waals surface area contributed by atoms with E-state index < -0.39 is 29.0 Å². The summed E-state index contributed by atoms with van der Waals surface area (Å²) >= 11 is 0. The van der Waals surface area contributed by atoms with Gasteiger partial charge in [-0.25, -0.2) is 17.6 Å². The first kappa shape index (κ1) is 19.4. The predicted octanol–water partition coefficient (Wildman–Crippen LogP) is 7.02. The van der Waals surface area contributed by atoms with Crippen molar-refractivity contribution in [1.82, 2.24) is 4.98 Å². The molecule has 0 radical (unpaired) electrons. The molecule has 0 fully saturated rings. The second-order valence-electron chi connectivity index (χ2n) is 6.26. The summed E-state index contributed by atoms with van der Waals surface area (Å²) in [5.74, 6) is -3.27. The highest BCUT2D eigenvalue weighted by atomic mass is 19.1. The molecule has 4 aromatic rings. The molecule has 0 unspecified atom stereocenters. The van der Waals surface area contributed by atoms with Gasteiger partial charge in [-0.3, -0.25) is 4.98 Å². The van der Waals surface area contributed by atoms with Crippen molar-refractivity contribution < 1.29 is 27.0 Å². The van der Waals surface area contributed by atoms with Gasteiger partial charge in [-0.15, -0.1) is 0 Å². The zero-order valence-corrected chi connectivity index (χ0v) is 15.3. The summed E-state index contributed by atoms with van der Waals surface area (Å²) in [5.41, 5.74) is 0.189. The highest BCUT2D eigenvalue weighted by molar-refractivity contribution is 5.90. The molecule has 4 rings (SSSR count). The molecule has 0 saturated heterocycles. The normalized spacial score (nSPS) is 10.8. The Morgan fingerprint density at radius 3 is 1.83 bits per heavy atom. The summed E-state index contributed by atoms with van der Waals surface area (Å²) in [7, 11) is 0. The fourth-order valence-corrected chi connectivity index (χ4v) is 2.83. The Morgan fingerprint density at radius 1 is 0.767 bits per heavy atom. The van der Waals surface area contributed by atoms with Crippen LogP contribution < -0.4 is 9.47 Å². The lowest BCUT2D eigenvalue weighted by atomic mass is 10.1. The van der Waals surface area contributed by atoms with Crippen LogP contribution in [0.4, 0.5) is 17.6 Å². The number of ether oxygens (including phenoxy) is 2. The van der Waals surface area contributed by atoms with Gasteiger partial charge in [0.2, 0.25) is 5.75 Å². The summed E-state index contributed by atoms with van der Waals surface area (Å²) in [6.45, 7) is 3.66. The van der Waals surface area contributed by atoms with Gasteiger partial charge in [-0.1, -0.05) is 12.7 Å². The number of benzene rings is 3. The molecule has 0 N–H and O–H groups in total. The lowest BCUT2D eigenvalue weighted by Gasteiger charge is -2.14. The molecule has 0 aliphatic carbocycles. The van der Waals surface area contributed by atoms with E-state index in [9.17, 15) is 13.2 Å². The number of hydrogen-bond acceptors (Lipinski definition) is 3. The molecule has 30 heavy (non-hydrogen) atoms. The Balaban J connectivity index is 1.83. The van der Waals surface area contributed by atoms with Gasteiger partial charge in [0, 0.05) is 17.1 Å². The lowest BCUT2D eigenvalue weighted by molar-refractivity contribution is 0.409. The Hall–Kier alpha value is -3.87. The van der Waals surface area contributed by atoms with Crippen LogP contribution in [-0.4, -0.2) is 4.98 Å². The SMILES string of the molecule is C=Cc1cnc2c(F)c(Oc3ccc(F)cc3)c(F)cc2c1Oc1ccc(F)cc1. The maximum atomic E-state index is 15.1. The highest BCUT2D eigenvalue weighted by Crippen LogP contribution is 2.39. The Labute approximate surface area is 168 Å². The minimum atomic E-state index is -1.05. The van der Waals surface area contributed by atoms with E-state index in [4.69, 9.17) is 9.47 Å². The smallest absolute Gasteiger partial charge is 0.200 e. The molecule has 0 aliphatic rings. The van der Waals surface area contributed by atoms with E-state index in [1.54, 1.807) is 0 Å². The second kappa shape index (κ2) is 7.87. The summed E-state index contributed by atoms with van der Waals surface area (Å²) in [6, 6.07) is 10.9. The van der Waals surface area contributed by atoms with Crippen LogP contribution >= 0.6 is 0 Å². The van der Waals surface area contributed by atoms with E-state index in [1.165, 1.54) is 48.7 Å². The van der Waals surface area contributed by atoms with Crippen LogP contribution in [0.2, 0.25) is 0 Å². The molecular weight excluding hydrogens is 398 g/mol. The molecule has 0 bridgehead atoms. The van der Waals surface area contributed by atoms with Gasteiger partial charge in [0.25, 0.3) is 0 Å². The first-order valence-electron chi connectivity index (χ1n) is 8.76. The molecule has 0 amide bonds. The Morgan fingerprint density at radius 2 is 1.30 bits per heavy atom. The molecule has 0 atom stereocenters. The first-order chi connectivity index (χ1) is 14.5. The summed E-state index contributed by atoms with van der Waals surface area (Å²) < 4.78 is 67.1. The molecule has 3 aromatic carbocycles. The van der Waals surface area contributed by atoms with Crippen molar-refractivity contribution >= 4 is 17.0 Å². The number of aromatic nitrogens is 1. The maximum absolute atomic E-state index is 15.1. The number of hydrogen-bond donors (Lipinski definition) is 0. The van der Waals surface area contributed by atoms with Crippen molar-refractivity contribution in [3.05, 3.63) is 96.2 Å². The van der Waals surface area contributed by atoms with Crippen LogP contribution in [0.1, 0.15) is 5.56 Å². The van der Waals surface area contributed by atoms with Crippen molar-refractivity contribution in [2.24, 2.45) is 0 Å². The summed E-state index contributed by atoms with van der Waals surface area (Å²) in [5, 5.41) is 0.0400. The summed E-state index contributed by atoms with van der Waals surface area (Å²) in [4.78, 5) is 4.03. The van der Waals surface area contributed by atoms with Crippen molar-refractivity contribution in [1.29, 1.82) is 0 Å². The number of nitrogens with zero attached hydrogens (tertiary/aromatic N) is 1. The van der Waals surface area contributed by atoms with Crippen molar-refractivity contribution in [3.63, 3.8) is 0 Å². The molecule has 1 heterocycles. The summed E-state index contributed by atoms with van der Waals surface area (Å²) in [6.07, 6.45) is 2.74. The van der Waals surface area contributed by atoms with Crippen molar-refractivity contribution in [2.45, 2.75) is 0 Å². The van der Waals surface area contributed by atoms with Gasteiger partial charge in [0.15, 0.2) is 11.6 Å². The number of halogens is 4. The number of rotatable bonds is 5. The van der Waals surface area contributed by atoms with Gasteiger partial charge >= 0.3 is 0 Å². The van der Waals surface area contributed by atoms with Gasteiger partial charge in [0.05, 0.1) is 0 Å². The number of pyridine rings is 1. The fourth-order valence-electron chi connectivity index (χ4n) is 2.83. The van der Waals surface area contributed by atoms with E-state index in [0.29, 0.717) is 5.56 Å². The third-order valence-electron chi connectivity index (χ3n) is 4.28. The molecule has 7 heteroatoms. The minimum Gasteiger partial charge on any atom is -0.456 e. The van der Waals surface area contributed by atoms with Gasteiger partial charge in [0.1, 0.15) is 34.4 Å². The molecule has 3 nitrogen and oxygen atoms in total. The molecule has 0 aliphatic heterocycles. The third-order valence-corrected chi connectivity index (χ3v) is 4.28. The van der Waals surface area contributed by atoms with Crippen LogP contribution in [0.25, 0.3) is 17.0 Å². The minimum absolute atomic E-state index is 0.0400. The Bertz CT molecular complexity index is 1240. The van der Waals surface area contributed by atoms with Gasteiger partial charge < -0.3 is 9.47 Å². The van der Waals surface area contributed by atoms with Crippen LogP contribution in [-0.2, 0) is 0 Å². The van der Waals surface area contributed by atoms with E-state index in [1.807, 2.05) is 0 Å².